The number of para-hydroxylation sites is 2. The molecule has 3 aliphatic rings. The Labute approximate surface area is 802 Å². The number of carbonyl (C=O) groups is 20. The number of benzene rings is 3. The molecule has 0 unspecified atom stereocenters. The van der Waals surface area contributed by atoms with E-state index >= 15 is 38.4 Å². The molecule has 3 aromatic heterocycles. The van der Waals surface area contributed by atoms with E-state index < -0.39 is 285 Å². The van der Waals surface area contributed by atoms with Gasteiger partial charge < -0.3 is 135 Å². The van der Waals surface area contributed by atoms with Gasteiger partial charge in [-0.15, -0.1) is 11.8 Å². The predicted octanol–water partition coefficient (Wildman–Crippen LogP) is -3.98. The zero-order valence-corrected chi connectivity index (χ0v) is 78.6. The van der Waals surface area contributed by atoms with E-state index in [0.717, 1.165) is 31.5 Å². The molecule has 0 bridgehead atoms. The summed E-state index contributed by atoms with van der Waals surface area (Å²) in [7, 11) is 3.64. The summed E-state index contributed by atoms with van der Waals surface area (Å²) >= 11 is 0.654. The molecular formula is C91H122N22O25S. The fourth-order valence-electron chi connectivity index (χ4n) is 16.9. The van der Waals surface area contributed by atoms with E-state index in [9.17, 15) is 83.1 Å². The minimum atomic E-state index is -2.07. The lowest BCUT2D eigenvalue weighted by molar-refractivity contribution is -0.149. The van der Waals surface area contributed by atoms with Crippen LogP contribution in [-0.4, -0.2) is 337 Å². The number of amides is 17. The quantitative estimate of drug-likeness (QED) is 0.0223. The third-order valence-electron chi connectivity index (χ3n) is 24.4. The molecule has 0 saturated carbocycles. The highest BCUT2D eigenvalue weighted by Gasteiger charge is 2.47. The van der Waals surface area contributed by atoms with Crippen molar-refractivity contribution in [3.63, 3.8) is 0 Å². The first-order chi connectivity index (χ1) is 66.1. The van der Waals surface area contributed by atoms with E-state index in [1.54, 1.807) is 68.6 Å². The number of aliphatic carboxylic acids is 3. The van der Waals surface area contributed by atoms with E-state index in [2.05, 4.69) is 68.1 Å². The maximum Gasteiger partial charge on any atom is 0.323 e. The van der Waals surface area contributed by atoms with Crippen LogP contribution in [0.4, 0.5) is 0 Å². The minimum Gasteiger partial charge on any atom is -0.508 e. The number of nitrogens with zero attached hydrogens (tertiary/aromatic N) is 7. The van der Waals surface area contributed by atoms with E-state index in [4.69, 9.17) is 17.2 Å². The van der Waals surface area contributed by atoms with E-state index in [1.165, 1.54) is 68.6 Å². The summed E-state index contributed by atoms with van der Waals surface area (Å²) in [5, 5.41) is 78.6. The minimum absolute atomic E-state index is 0.101. The number of likely N-dealkylation sites (N-methyl/N-ethyl adjacent to an activating group) is 3. The number of hydrogen-bond donors (Lipinski definition) is 20. The van der Waals surface area contributed by atoms with Gasteiger partial charge in [-0.25, -0.2) is 4.98 Å². The maximum atomic E-state index is 15.9. The summed E-state index contributed by atoms with van der Waals surface area (Å²) in [6.45, 7) is 2.21. The van der Waals surface area contributed by atoms with Crippen molar-refractivity contribution < 1.29 is 121 Å². The number of carboxylic acids is 3. The van der Waals surface area contributed by atoms with Crippen LogP contribution in [0.1, 0.15) is 133 Å². The Hall–Kier alpha value is -14.6. The average Bonchev–Trinajstić information content (AvgIpc) is 1.66. The first-order valence-corrected chi connectivity index (χ1v) is 46.7. The third kappa shape index (κ3) is 30.0. The molecule has 752 valence electrons. The highest BCUT2D eigenvalue weighted by Crippen LogP contribution is 2.29. The van der Waals surface area contributed by atoms with Crippen molar-refractivity contribution in [1.29, 1.82) is 0 Å². The molecule has 3 saturated heterocycles. The molecule has 9 rings (SSSR count). The van der Waals surface area contributed by atoms with Gasteiger partial charge in [0.05, 0.1) is 43.3 Å². The third-order valence-corrected chi connectivity index (χ3v) is 25.5. The van der Waals surface area contributed by atoms with Crippen LogP contribution < -0.4 is 70.4 Å². The maximum absolute atomic E-state index is 15.9. The molecule has 23 N–H and O–H groups in total. The van der Waals surface area contributed by atoms with Crippen molar-refractivity contribution >= 4 is 152 Å². The van der Waals surface area contributed by atoms with Crippen LogP contribution in [0.3, 0.4) is 0 Å². The van der Waals surface area contributed by atoms with Crippen LogP contribution in [-0.2, 0) is 128 Å². The number of rotatable bonds is 28. The van der Waals surface area contributed by atoms with Gasteiger partial charge in [-0.05, 0) is 92.9 Å². The number of aliphatic hydroxyl groups is 1. The lowest BCUT2D eigenvalue weighted by Gasteiger charge is -2.36. The first-order valence-electron chi connectivity index (χ1n) is 45.6. The second-order valence-electron chi connectivity index (χ2n) is 34.6. The van der Waals surface area contributed by atoms with Gasteiger partial charge in [0.15, 0.2) is 0 Å². The summed E-state index contributed by atoms with van der Waals surface area (Å²) in [5.41, 5.74) is 19.5. The van der Waals surface area contributed by atoms with Crippen molar-refractivity contribution in [3.05, 3.63) is 120 Å². The number of nitrogens with one attached hydrogen (secondary N) is 12. The fourth-order valence-corrected chi connectivity index (χ4v) is 17.8. The molecule has 15 atom stereocenters. The number of nitrogens with two attached hydrogens (primary N) is 3. The number of aromatic amines is 2. The number of carbonyl (C=O) groups excluding carboxylic acids is 17. The summed E-state index contributed by atoms with van der Waals surface area (Å²) < 4.78 is 1.39. The number of aliphatic hydroxyl groups excluding tert-OH is 1. The number of carboxylic acid groups (broad SMARTS) is 3. The number of aromatic nitrogens is 4. The van der Waals surface area contributed by atoms with Crippen LogP contribution >= 0.6 is 11.8 Å². The molecule has 47 nitrogen and oxygen atoms in total. The van der Waals surface area contributed by atoms with Gasteiger partial charge in [-0.3, -0.25) is 95.9 Å². The molecular weight excluding hydrogens is 1830 g/mol. The Balaban J connectivity index is 1.12. The van der Waals surface area contributed by atoms with E-state index in [0.29, 0.717) is 63.1 Å². The van der Waals surface area contributed by atoms with Crippen molar-refractivity contribution in [3.8, 4) is 5.75 Å². The Bertz CT molecular complexity index is 5480. The smallest absolute Gasteiger partial charge is 0.323 e. The Morgan fingerprint density at radius 3 is 1.75 bits per heavy atom. The van der Waals surface area contributed by atoms with Gasteiger partial charge in [0.25, 0.3) is 0 Å². The number of hydrogen-bond acceptors (Lipinski definition) is 25. The van der Waals surface area contributed by atoms with E-state index in [-0.39, 0.29) is 82.3 Å². The zero-order chi connectivity index (χ0) is 102. The van der Waals surface area contributed by atoms with Gasteiger partial charge in [0.1, 0.15) is 96.9 Å². The molecule has 6 aromatic rings. The number of aromatic hydroxyl groups is 1. The van der Waals surface area contributed by atoms with Gasteiger partial charge in [-0.2, -0.15) is 0 Å². The summed E-state index contributed by atoms with van der Waals surface area (Å²) in [5.74, 6) is -23.9. The van der Waals surface area contributed by atoms with Crippen LogP contribution in [0.5, 0.6) is 5.75 Å². The second-order valence-corrected chi connectivity index (χ2v) is 35.6. The van der Waals surface area contributed by atoms with Gasteiger partial charge >= 0.3 is 17.9 Å². The molecule has 0 spiro atoms. The van der Waals surface area contributed by atoms with Crippen molar-refractivity contribution in [2.75, 3.05) is 58.8 Å². The highest BCUT2D eigenvalue weighted by atomic mass is 32.2. The number of unbranched alkanes of at least 4 members (excludes halogenated alkanes) is 2. The monoisotopic (exact) mass is 1950 g/mol. The molecule has 17 amide bonds. The SMILES string of the molecule is CCCC[C@H]1C(=O)N(C)[C@@H](CCCC)C(=O)N[C@@H](CC(=O)O)C(=O)N[C@H](C(=O)NCC(N)=O)CSCC(=O)N[C@@H](Cc2ccc(O)cc2)C(=O)N(C)[C@@H](C)C(=O)N[C@@H](CC(N)=O)C(=O)N2CCC[C@H]2C(=O)N[C@@H](Cc2c[nH]cn2)C(=O)N[C@@H](CCC(=O)O)C(=O)N2C[C@H](O)C[C@H]2C(=O)N[C@@H](Cc2c[nH]c3ccccc23)C(=O)N[C@@H](CCN)C(=O)N[C@@H](Cc2cn(CC(=O)O)c3ccccc23)C(=O)N1C. The number of fused-ring (bicyclic) bond motifs is 4. The lowest BCUT2D eigenvalue weighted by Crippen LogP contribution is -2.61. The molecule has 3 aliphatic heterocycles. The molecule has 3 aromatic carbocycles. The van der Waals surface area contributed by atoms with Crippen molar-refractivity contribution in [1.82, 2.24) is 97.2 Å². The van der Waals surface area contributed by atoms with Gasteiger partial charge in [-0.1, -0.05) is 88.1 Å². The standard InChI is InChI=1S/C91H122N22O25S/c1-7-9-19-68-84(131)104-62(38-76(121)122)83(130)107-66(79(126)97-41-73(94)117)45-139-46-74(118)99-63(32-49-23-25-53(114)26-24-49)87(134)108(4)48(3)78(125)105-65(37-72(93)116)90(137)112-31-15-22-69(112)85(132)103-61(35-52-40-95-47-98-52)82(129)101-59(27-28-75(119)120)89(136)113-43-54(115)36-71(113)86(133)102-60(33-50-39-96-57-18-13-11-16-55(50)57)81(128)100-58(29-30-92)80(127)106-64(88(135)110(6)70(20-10-8-2)91(138)109(68)5)34-51-42-111(44-77(123)124)67-21-14-12-17-56(51)67/h11-14,16-18,21,23-26,39-40,42,47-48,54,58-66,68-71,96,114-115H,7-10,15,19-20,22,27-38,41,43-46,92H2,1-6H3,(H2,93,116)(H2,94,117)(H,95,98)(H,97,126)(H,99,118)(H,100,128)(H,101,129)(H,102,133)(H,103,132)(H,104,131)(H,105,125)(H,106,127)(H,107,130)(H,119,120)(H,121,122)(H,123,124)/t48-,54+,58-,59-,60-,61-,62-,63-,64-,65-,66-,68-,69-,70-,71-/m0/s1. The number of phenolic OH excluding ortho intramolecular Hbond substituents is 1. The van der Waals surface area contributed by atoms with Crippen LogP contribution in [0.2, 0.25) is 0 Å². The number of phenols is 1. The molecule has 0 radical (unpaired) electrons. The van der Waals surface area contributed by atoms with Crippen LogP contribution in [0.15, 0.2) is 97.7 Å². The average molecular weight is 1960 g/mol. The summed E-state index contributed by atoms with van der Waals surface area (Å²) in [6.07, 6.45) is -0.985. The highest BCUT2D eigenvalue weighted by molar-refractivity contribution is 8.00. The zero-order valence-electron chi connectivity index (χ0n) is 77.7. The Morgan fingerprint density at radius 1 is 0.532 bits per heavy atom. The van der Waals surface area contributed by atoms with Crippen LogP contribution in [0.25, 0.3) is 21.8 Å². The molecule has 139 heavy (non-hydrogen) atoms. The Morgan fingerprint density at radius 2 is 1.11 bits per heavy atom. The largest absolute Gasteiger partial charge is 0.508 e. The molecule has 3 fully saturated rings. The predicted molar refractivity (Wildman–Crippen MR) is 498 cm³/mol. The first kappa shape index (κ1) is 108. The van der Waals surface area contributed by atoms with Crippen LogP contribution in [0, 0.1) is 0 Å². The van der Waals surface area contributed by atoms with Gasteiger partial charge in [0.2, 0.25) is 100 Å². The number of H-pyrrole nitrogens is 2. The lowest BCUT2D eigenvalue weighted by atomic mass is 9.99. The summed E-state index contributed by atoms with van der Waals surface area (Å²) in [4.78, 5) is 303. The number of imidazole rings is 1. The number of thioether (sulfide) groups is 1. The topological polar surface area (TPSA) is 707 Å². The van der Waals surface area contributed by atoms with Crippen molar-refractivity contribution in [2.45, 2.75) is 234 Å². The van der Waals surface area contributed by atoms with E-state index in [1.807, 2.05) is 0 Å². The molecule has 6 heterocycles. The summed E-state index contributed by atoms with van der Waals surface area (Å²) in [6, 6.07) is -5.20. The molecule has 0 aliphatic carbocycles. The van der Waals surface area contributed by atoms with Gasteiger partial charge in [0, 0.05) is 119 Å². The fraction of sp³-hybridized carbons (Fsp3) is 0.505. The number of primary amides is 2. The Kier molecular flexibility index (Phi) is 39.7. The molecule has 48 heteroatoms. The van der Waals surface area contributed by atoms with Crippen molar-refractivity contribution in [2.24, 2.45) is 17.2 Å². The second kappa shape index (κ2) is 51.0. The normalized spacial score (nSPS) is 24.3.